The molecule has 1 unspecified atom stereocenters. The van der Waals surface area contributed by atoms with Crippen molar-refractivity contribution in [2.24, 2.45) is 4.99 Å². The van der Waals surface area contributed by atoms with Crippen LogP contribution in [-0.4, -0.2) is 43.6 Å². The van der Waals surface area contributed by atoms with Gasteiger partial charge in [-0.25, -0.2) is 4.99 Å². The second-order valence-electron chi connectivity index (χ2n) is 5.79. The van der Waals surface area contributed by atoms with E-state index in [0.29, 0.717) is 12.6 Å². The minimum Gasteiger partial charge on any atom is -0.357 e. The van der Waals surface area contributed by atoms with E-state index in [2.05, 4.69) is 79.5 Å². The molecule has 0 aliphatic rings. The van der Waals surface area contributed by atoms with Crippen molar-refractivity contribution < 1.29 is 0 Å². The lowest BCUT2D eigenvalue weighted by Gasteiger charge is -2.24. The van der Waals surface area contributed by atoms with Crippen LogP contribution in [0.2, 0.25) is 0 Å². The molecule has 132 valence electrons. The van der Waals surface area contributed by atoms with Crippen molar-refractivity contribution in [3.05, 3.63) is 35.4 Å². The van der Waals surface area contributed by atoms with E-state index in [1.54, 1.807) is 0 Å². The molecule has 1 rings (SSSR count). The zero-order valence-electron chi connectivity index (χ0n) is 15.2. The van der Waals surface area contributed by atoms with Crippen molar-refractivity contribution in [3.63, 3.8) is 0 Å². The molecular formula is C18H33IN4. The molecule has 0 bridgehead atoms. The van der Waals surface area contributed by atoms with Gasteiger partial charge in [-0.1, -0.05) is 31.2 Å². The summed E-state index contributed by atoms with van der Waals surface area (Å²) in [5.41, 5.74) is 2.56. The van der Waals surface area contributed by atoms with Crippen molar-refractivity contribution in [2.45, 2.75) is 46.7 Å². The molecule has 2 N–H and O–H groups in total. The lowest BCUT2D eigenvalue weighted by Crippen LogP contribution is -2.42. The van der Waals surface area contributed by atoms with Gasteiger partial charge in [0, 0.05) is 25.7 Å². The Morgan fingerprint density at radius 3 is 2.52 bits per heavy atom. The normalized spacial score (nSPS) is 12.7. The summed E-state index contributed by atoms with van der Waals surface area (Å²) in [7, 11) is 2.17. The van der Waals surface area contributed by atoms with Crippen molar-refractivity contribution in [1.29, 1.82) is 0 Å². The molecule has 0 aromatic heterocycles. The minimum atomic E-state index is 0. The van der Waals surface area contributed by atoms with Crippen molar-refractivity contribution in [2.75, 3.05) is 26.7 Å². The van der Waals surface area contributed by atoms with Gasteiger partial charge in [0.1, 0.15) is 0 Å². The number of halogens is 1. The van der Waals surface area contributed by atoms with E-state index in [4.69, 9.17) is 0 Å². The Kier molecular flexibility index (Phi) is 12.1. The Morgan fingerprint density at radius 2 is 1.91 bits per heavy atom. The van der Waals surface area contributed by atoms with Gasteiger partial charge in [-0.3, -0.25) is 0 Å². The van der Waals surface area contributed by atoms with E-state index in [0.717, 1.165) is 25.6 Å². The number of hydrogen-bond donors (Lipinski definition) is 2. The second kappa shape index (κ2) is 12.6. The third kappa shape index (κ3) is 8.55. The van der Waals surface area contributed by atoms with Crippen LogP contribution < -0.4 is 10.6 Å². The van der Waals surface area contributed by atoms with Crippen LogP contribution in [0.1, 0.15) is 38.3 Å². The highest BCUT2D eigenvalue weighted by Crippen LogP contribution is 2.07. The van der Waals surface area contributed by atoms with Crippen LogP contribution in [0.25, 0.3) is 0 Å². The number of nitrogens with zero attached hydrogens (tertiary/aromatic N) is 2. The van der Waals surface area contributed by atoms with Gasteiger partial charge in [0.15, 0.2) is 5.96 Å². The van der Waals surface area contributed by atoms with E-state index in [-0.39, 0.29) is 24.0 Å². The Morgan fingerprint density at radius 1 is 1.22 bits per heavy atom. The van der Waals surface area contributed by atoms with Crippen LogP contribution in [0.3, 0.4) is 0 Å². The van der Waals surface area contributed by atoms with E-state index >= 15 is 0 Å². The van der Waals surface area contributed by atoms with Crippen LogP contribution in [0.5, 0.6) is 0 Å². The van der Waals surface area contributed by atoms with Crippen LogP contribution in [0.15, 0.2) is 29.3 Å². The van der Waals surface area contributed by atoms with E-state index < -0.39 is 0 Å². The molecule has 1 aromatic rings. The van der Waals surface area contributed by atoms with Gasteiger partial charge in [-0.15, -0.1) is 24.0 Å². The van der Waals surface area contributed by atoms with Gasteiger partial charge in [0.2, 0.25) is 0 Å². The first-order chi connectivity index (χ1) is 10.6. The summed E-state index contributed by atoms with van der Waals surface area (Å²) in [5.74, 6) is 0.892. The molecule has 0 saturated carbocycles. The summed E-state index contributed by atoms with van der Waals surface area (Å²) in [6.45, 7) is 12.2. The monoisotopic (exact) mass is 432 g/mol. The summed E-state index contributed by atoms with van der Waals surface area (Å²) >= 11 is 0. The smallest absolute Gasteiger partial charge is 0.191 e. The molecule has 0 heterocycles. The SMILES string of the molecule is CCNC(=NCc1ccccc1C)NCCN(C)C(C)CC.I. The van der Waals surface area contributed by atoms with E-state index in [9.17, 15) is 0 Å². The van der Waals surface area contributed by atoms with Gasteiger partial charge in [0.05, 0.1) is 6.54 Å². The molecular weight excluding hydrogens is 399 g/mol. The number of benzene rings is 1. The number of aryl methyl sites for hydroxylation is 1. The molecule has 1 aromatic carbocycles. The summed E-state index contributed by atoms with van der Waals surface area (Å²) in [4.78, 5) is 7.06. The standard InChI is InChI=1S/C18H32N4.HI/c1-6-16(4)22(5)13-12-20-18(19-7-2)21-14-17-11-9-8-10-15(17)3;/h8-11,16H,6-7,12-14H2,1-5H3,(H2,19,20,21);1H. The highest BCUT2D eigenvalue weighted by atomic mass is 127. The first-order valence-corrected chi connectivity index (χ1v) is 8.35. The maximum Gasteiger partial charge on any atom is 0.191 e. The van der Waals surface area contributed by atoms with Crippen molar-refractivity contribution in [1.82, 2.24) is 15.5 Å². The van der Waals surface area contributed by atoms with Crippen LogP contribution in [-0.2, 0) is 6.54 Å². The Balaban J connectivity index is 0.00000484. The minimum absolute atomic E-state index is 0. The van der Waals surface area contributed by atoms with Gasteiger partial charge >= 0.3 is 0 Å². The van der Waals surface area contributed by atoms with Crippen molar-refractivity contribution in [3.8, 4) is 0 Å². The molecule has 23 heavy (non-hydrogen) atoms. The number of guanidine groups is 1. The maximum atomic E-state index is 4.68. The quantitative estimate of drug-likeness (QED) is 0.376. The highest BCUT2D eigenvalue weighted by Gasteiger charge is 2.06. The first-order valence-electron chi connectivity index (χ1n) is 8.35. The van der Waals surface area contributed by atoms with E-state index in [1.165, 1.54) is 17.5 Å². The first kappa shape index (κ1) is 22.2. The topological polar surface area (TPSA) is 39.7 Å². The molecule has 5 heteroatoms. The Labute approximate surface area is 159 Å². The third-order valence-electron chi connectivity index (χ3n) is 4.11. The molecule has 0 fully saturated rings. The molecule has 1 atom stereocenters. The average molecular weight is 432 g/mol. The molecule has 0 amide bonds. The van der Waals surface area contributed by atoms with Gasteiger partial charge in [-0.2, -0.15) is 0 Å². The zero-order chi connectivity index (χ0) is 16.4. The summed E-state index contributed by atoms with van der Waals surface area (Å²) in [6.07, 6.45) is 1.18. The number of likely N-dealkylation sites (N-methyl/N-ethyl adjacent to an activating group) is 1. The van der Waals surface area contributed by atoms with Crippen LogP contribution in [0, 0.1) is 6.92 Å². The van der Waals surface area contributed by atoms with Gasteiger partial charge < -0.3 is 15.5 Å². The summed E-state index contributed by atoms with van der Waals surface area (Å²) in [5, 5.41) is 6.73. The predicted octanol–water partition coefficient (Wildman–Crippen LogP) is 3.40. The summed E-state index contributed by atoms with van der Waals surface area (Å²) < 4.78 is 0. The van der Waals surface area contributed by atoms with Gasteiger partial charge in [-0.05, 0) is 45.4 Å². The summed E-state index contributed by atoms with van der Waals surface area (Å²) in [6, 6.07) is 9.02. The molecule has 4 nitrogen and oxygen atoms in total. The molecule has 0 radical (unpaired) electrons. The van der Waals surface area contributed by atoms with Crippen LogP contribution >= 0.6 is 24.0 Å². The lowest BCUT2D eigenvalue weighted by molar-refractivity contribution is 0.255. The van der Waals surface area contributed by atoms with Gasteiger partial charge in [0.25, 0.3) is 0 Å². The fourth-order valence-corrected chi connectivity index (χ4v) is 2.18. The number of nitrogens with one attached hydrogen (secondary N) is 2. The molecule has 0 spiro atoms. The number of rotatable bonds is 8. The number of hydrogen-bond acceptors (Lipinski definition) is 2. The lowest BCUT2D eigenvalue weighted by atomic mass is 10.1. The molecule has 0 aliphatic heterocycles. The third-order valence-corrected chi connectivity index (χ3v) is 4.11. The average Bonchev–Trinajstić information content (AvgIpc) is 2.52. The second-order valence-corrected chi connectivity index (χ2v) is 5.79. The van der Waals surface area contributed by atoms with Crippen molar-refractivity contribution >= 4 is 29.9 Å². The predicted molar refractivity (Wildman–Crippen MR) is 112 cm³/mol. The van der Waals surface area contributed by atoms with E-state index in [1.807, 2.05) is 0 Å². The number of aliphatic imine (C=N–C) groups is 1. The van der Waals surface area contributed by atoms with Crippen LogP contribution in [0.4, 0.5) is 0 Å². The Bertz CT molecular complexity index is 462. The zero-order valence-corrected chi connectivity index (χ0v) is 17.6. The molecule has 0 saturated heterocycles. The fraction of sp³-hybridized carbons (Fsp3) is 0.611. The Hall–Kier alpha value is -0.820. The highest BCUT2D eigenvalue weighted by molar-refractivity contribution is 14.0. The fourth-order valence-electron chi connectivity index (χ4n) is 2.18. The maximum absolute atomic E-state index is 4.68. The molecule has 0 aliphatic carbocycles. The largest absolute Gasteiger partial charge is 0.357 e.